The largest absolute Gasteiger partial charge is 0.492 e. The van der Waals surface area contributed by atoms with E-state index in [2.05, 4.69) is 10.3 Å². The van der Waals surface area contributed by atoms with E-state index in [0.717, 1.165) is 31.2 Å². The van der Waals surface area contributed by atoms with Crippen LogP contribution in [-0.2, 0) is 11.2 Å². The Morgan fingerprint density at radius 3 is 3.05 bits per heavy atom. The monoisotopic (exact) mass is 292 g/mol. The number of hydrogen-bond donors (Lipinski definition) is 2. The molecule has 1 aromatic rings. The summed E-state index contributed by atoms with van der Waals surface area (Å²) in [5.41, 5.74) is 1.18. The number of hydrogen-bond acceptors (Lipinski definition) is 4. The molecule has 1 aliphatic heterocycles. The third-order valence-corrected chi connectivity index (χ3v) is 3.48. The maximum Gasteiger partial charge on any atom is 0.326 e. The molecular weight excluding hydrogens is 272 g/mol. The molecule has 2 rings (SSSR count). The first kappa shape index (κ1) is 15.3. The lowest BCUT2D eigenvalue weighted by atomic mass is 10.1. The summed E-state index contributed by atoms with van der Waals surface area (Å²) in [6.07, 6.45) is 5.34. The molecule has 1 atom stereocenters. The first-order valence-electron chi connectivity index (χ1n) is 7.27. The predicted molar refractivity (Wildman–Crippen MR) is 76.5 cm³/mol. The molecule has 1 aromatic heterocycles. The number of carbonyl (C=O) groups is 2. The molecule has 2 heterocycles. The Kier molecular flexibility index (Phi) is 5.14. The molecule has 21 heavy (non-hydrogen) atoms. The zero-order valence-electron chi connectivity index (χ0n) is 12.1. The van der Waals surface area contributed by atoms with E-state index in [-0.39, 0.29) is 5.69 Å². The van der Waals surface area contributed by atoms with Gasteiger partial charge in [-0.3, -0.25) is 4.79 Å². The quantitative estimate of drug-likeness (QED) is 0.834. The molecule has 0 aliphatic carbocycles. The van der Waals surface area contributed by atoms with Crippen LogP contribution in [0.3, 0.4) is 0 Å². The average molecular weight is 292 g/mol. The van der Waals surface area contributed by atoms with Crippen LogP contribution in [0.4, 0.5) is 0 Å². The smallest absolute Gasteiger partial charge is 0.326 e. The normalized spacial score (nSPS) is 14.7. The van der Waals surface area contributed by atoms with E-state index in [0.29, 0.717) is 18.8 Å². The van der Waals surface area contributed by atoms with Crippen molar-refractivity contribution in [3.63, 3.8) is 0 Å². The van der Waals surface area contributed by atoms with Gasteiger partial charge in [-0.05, 0) is 30.9 Å². The Labute approximate surface area is 123 Å². The zero-order valence-corrected chi connectivity index (χ0v) is 12.1. The van der Waals surface area contributed by atoms with Crippen LogP contribution >= 0.6 is 0 Å². The van der Waals surface area contributed by atoms with Gasteiger partial charge in [0.1, 0.15) is 17.5 Å². The number of amides is 1. The topological polar surface area (TPSA) is 88.5 Å². The number of nitrogens with one attached hydrogen (secondary N) is 1. The fourth-order valence-electron chi connectivity index (χ4n) is 2.28. The van der Waals surface area contributed by atoms with Crippen LogP contribution < -0.4 is 10.1 Å². The SMILES string of the molecule is CCCC[C@H](NC(=O)c1cc2c(cn1)OCCC2)C(=O)O. The second kappa shape index (κ2) is 7.06. The number of fused-ring (bicyclic) bond motifs is 1. The molecule has 114 valence electrons. The van der Waals surface area contributed by atoms with E-state index >= 15 is 0 Å². The number of nitrogens with zero attached hydrogens (tertiary/aromatic N) is 1. The maximum absolute atomic E-state index is 12.1. The number of rotatable bonds is 6. The molecule has 1 amide bonds. The highest BCUT2D eigenvalue weighted by Gasteiger charge is 2.22. The van der Waals surface area contributed by atoms with Crippen molar-refractivity contribution in [1.82, 2.24) is 10.3 Å². The number of carboxylic acids is 1. The predicted octanol–water partition coefficient (Wildman–Crippen LogP) is 1.78. The van der Waals surface area contributed by atoms with E-state index in [9.17, 15) is 9.59 Å². The third-order valence-electron chi connectivity index (χ3n) is 3.48. The van der Waals surface area contributed by atoms with Gasteiger partial charge in [0.05, 0.1) is 12.8 Å². The average Bonchev–Trinajstić information content (AvgIpc) is 2.50. The van der Waals surface area contributed by atoms with Gasteiger partial charge in [0, 0.05) is 0 Å². The van der Waals surface area contributed by atoms with Gasteiger partial charge in [-0.2, -0.15) is 0 Å². The van der Waals surface area contributed by atoms with Crippen molar-refractivity contribution in [2.75, 3.05) is 6.61 Å². The van der Waals surface area contributed by atoms with E-state index in [1.54, 1.807) is 6.07 Å². The molecule has 2 N–H and O–H groups in total. The highest BCUT2D eigenvalue weighted by Crippen LogP contribution is 2.23. The molecule has 0 radical (unpaired) electrons. The first-order valence-corrected chi connectivity index (χ1v) is 7.27. The molecule has 0 unspecified atom stereocenters. The number of carboxylic acid groups (broad SMARTS) is 1. The van der Waals surface area contributed by atoms with Crippen molar-refractivity contribution in [2.24, 2.45) is 0 Å². The van der Waals surface area contributed by atoms with Gasteiger partial charge in [-0.15, -0.1) is 0 Å². The molecule has 0 bridgehead atoms. The maximum atomic E-state index is 12.1. The van der Waals surface area contributed by atoms with Crippen LogP contribution in [0.15, 0.2) is 12.3 Å². The van der Waals surface area contributed by atoms with Gasteiger partial charge in [0.15, 0.2) is 0 Å². The molecule has 6 nitrogen and oxygen atoms in total. The van der Waals surface area contributed by atoms with Crippen molar-refractivity contribution < 1.29 is 19.4 Å². The van der Waals surface area contributed by atoms with Crippen molar-refractivity contribution in [1.29, 1.82) is 0 Å². The van der Waals surface area contributed by atoms with Gasteiger partial charge in [0.2, 0.25) is 0 Å². The Morgan fingerprint density at radius 2 is 2.33 bits per heavy atom. The lowest BCUT2D eigenvalue weighted by Crippen LogP contribution is -2.41. The minimum atomic E-state index is -1.02. The number of carbonyl (C=O) groups excluding carboxylic acids is 1. The Hall–Kier alpha value is -2.11. The first-order chi connectivity index (χ1) is 10.1. The summed E-state index contributed by atoms with van der Waals surface area (Å²) in [6.45, 7) is 2.64. The Bertz CT molecular complexity index is 530. The van der Waals surface area contributed by atoms with Gasteiger partial charge in [0.25, 0.3) is 5.91 Å². The van der Waals surface area contributed by atoms with Crippen molar-refractivity contribution in [2.45, 2.75) is 45.1 Å². The van der Waals surface area contributed by atoms with Crippen molar-refractivity contribution in [3.8, 4) is 5.75 Å². The Balaban J connectivity index is 2.06. The van der Waals surface area contributed by atoms with Gasteiger partial charge < -0.3 is 15.2 Å². The third kappa shape index (κ3) is 3.93. The standard InChI is InChI=1S/C15H20N2O4/c1-2-3-6-11(15(19)20)17-14(18)12-8-10-5-4-7-21-13(10)9-16-12/h8-9,11H,2-7H2,1H3,(H,17,18)(H,19,20)/t11-/m0/s1. The summed E-state index contributed by atoms with van der Waals surface area (Å²) in [7, 11) is 0. The molecule has 0 saturated carbocycles. The number of unbranched alkanes of at least 4 members (excludes halogenated alkanes) is 1. The minimum Gasteiger partial charge on any atom is -0.492 e. The summed E-state index contributed by atoms with van der Waals surface area (Å²) in [5, 5.41) is 11.7. The van der Waals surface area contributed by atoms with Crippen molar-refractivity contribution >= 4 is 11.9 Å². The highest BCUT2D eigenvalue weighted by molar-refractivity contribution is 5.95. The summed E-state index contributed by atoms with van der Waals surface area (Å²) < 4.78 is 5.44. The fourth-order valence-corrected chi connectivity index (χ4v) is 2.28. The molecule has 0 saturated heterocycles. The number of pyridine rings is 1. The molecule has 1 aliphatic rings. The van der Waals surface area contributed by atoms with Gasteiger partial charge >= 0.3 is 5.97 Å². The molecular formula is C15H20N2O4. The van der Waals surface area contributed by atoms with Crippen LogP contribution in [0.2, 0.25) is 0 Å². The van der Waals surface area contributed by atoms with E-state index in [1.165, 1.54) is 6.20 Å². The second-order valence-corrected chi connectivity index (χ2v) is 5.14. The lowest BCUT2D eigenvalue weighted by molar-refractivity contribution is -0.139. The number of aliphatic carboxylic acids is 1. The van der Waals surface area contributed by atoms with Crippen LogP contribution in [-0.4, -0.2) is 34.6 Å². The summed E-state index contributed by atoms with van der Waals surface area (Å²) in [5.74, 6) is -0.761. The molecule has 0 fully saturated rings. The van der Waals surface area contributed by atoms with Gasteiger partial charge in [-0.1, -0.05) is 19.8 Å². The van der Waals surface area contributed by atoms with Gasteiger partial charge in [-0.25, -0.2) is 9.78 Å². The molecule has 0 spiro atoms. The fraction of sp³-hybridized carbons (Fsp3) is 0.533. The number of aromatic nitrogens is 1. The minimum absolute atomic E-state index is 0.238. The van der Waals surface area contributed by atoms with Crippen LogP contribution in [0.25, 0.3) is 0 Å². The van der Waals surface area contributed by atoms with Crippen LogP contribution in [0.1, 0.15) is 48.7 Å². The number of aryl methyl sites for hydroxylation is 1. The Morgan fingerprint density at radius 1 is 1.52 bits per heavy atom. The summed E-state index contributed by atoms with van der Waals surface area (Å²) in [4.78, 5) is 27.3. The zero-order chi connectivity index (χ0) is 15.2. The lowest BCUT2D eigenvalue weighted by Gasteiger charge is -2.18. The summed E-state index contributed by atoms with van der Waals surface area (Å²) >= 11 is 0. The van der Waals surface area contributed by atoms with E-state index in [4.69, 9.17) is 9.84 Å². The van der Waals surface area contributed by atoms with E-state index in [1.807, 2.05) is 6.92 Å². The highest BCUT2D eigenvalue weighted by atomic mass is 16.5. The van der Waals surface area contributed by atoms with E-state index < -0.39 is 17.9 Å². The second-order valence-electron chi connectivity index (χ2n) is 5.14. The molecule has 6 heteroatoms. The summed E-state index contributed by atoms with van der Waals surface area (Å²) in [6, 6.07) is 0.814. The molecule has 0 aromatic carbocycles. The van der Waals surface area contributed by atoms with Crippen LogP contribution in [0.5, 0.6) is 5.75 Å². The van der Waals surface area contributed by atoms with Crippen LogP contribution in [0, 0.1) is 0 Å². The number of ether oxygens (including phenoxy) is 1. The van der Waals surface area contributed by atoms with Crippen molar-refractivity contribution in [3.05, 3.63) is 23.5 Å².